The van der Waals surface area contributed by atoms with E-state index in [9.17, 15) is 4.79 Å². The summed E-state index contributed by atoms with van der Waals surface area (Å²) in [5.74, 6) is 0.319. The molecular formula is C11H13N5O2. The van der Waals surface area contributed by atoms with Gasteiger partial charge in [-0.05, 0) is 12.1 Å². The number of amides is 1. The number of aromatic nitrogens is 3. The molecule has 0 spiro atoms. The molecule has 2 heterocycles. The van der Waals surface area contributed by atoms with Crippen molar-refractivity contribution in [1.29, 1.82) is 0 Å². The Labute approximate surface area is 103 Å². The van der Waals surface area contributed by atoms with Gasteiger partial charge < -0.3 is 15.6 Å². The largest absolute Gasteiger partial charge is 0.352 e. The third-order valence-electron chi connectivity index (χ3n) is 2.32. The first-order valence-corrected chi connectivity index (χ1v) is 5.48. The number of nitrogens with one attached hydrogen (secondary N) is 1. The summed E-state index contributed by atoms with van der Waals surface area (Å²) < 4.78 is 4.82. The van der Waals surface area contributed by atoms with Crippen molar-refractivity contribution in [3.8, 4) is 0 Å². The van der Waals surface area contributed by atoms with Crippen LogP contribution in [0.3, 0.4) is 0 Å². The van der Waals surface area contributed by atoms with Crippen molar-refractivity contribution >= 4 is 5.91 Å². The summed E-state index contributed by atoms with van der Waals surface area (Å²) in [6.07, 6.45) is 3.39. The van der Waals surface area contributed by atoms with Gasteiger partial charge in [0.25, 0.3) is 5.91 Å². The third kappa shape index (κ3) is 3.11. The van der Waals surface area contributed by atoms with E-state index >= 15 is 0 Å². The van der Waals surface area contributed by atoms with Crippen LogP contribution in [0.15, 0.2) is 29.2 Å². The summed E-state index contributed by atoms with van der Waals surface area (Å²) >= 11 is 0. The minimum atomic E-state index is -0.174. The number of nitrogens with zero attached hydrogens (tertiary/aromatic N) is 3. The molecule has 7 heteroatoms. The van der Waals surface area contributed by atoms with E-state index in [1.165, 1.54) is 6.33 Å². The molecule has 7 nitrogen and oxygen atoms in total. The van der Waals surface area contributed by atoms with Crippen molar-refractivity contribution in [2.75, 3.05) is 6.54 Å². The molecule has 2 aromatic heterocycles. The smallest absolute Gasteiger partial charge is 0.251 e. The highest BCUT2D eigenvalue weighted by Crippen LogP contribution is 2.01. The first kappa shape index (κ1) is 12.2. The fourth-order valence-electron chi connectivity index (χ4n) is 1.42. The zero-order valence-electron chi connectivity index (χ0n) is 9.67. The first-order valence-electron chi connectivity index (χ1n) is 5.48. The van der Waals surface area contributed by atoms with Crippen LogP contribution in [-0.4, -0.2) is 27.6 Å². The van der Waals surface area contributed by atoms with Crippen LogP contribution >= 0.6 is 0 Å². The average Bonchev–Trinajstić information content (AvgIpc) is 2.92. The van der Waals surface area contributed by atoms with Gasteiger partial charge in [-0.25, -0.2) is 0 Å². The Hall–Kier alpha value is -2.28. The monoisotopic (exact) mass is 247 g/mol. The van der Waals surface area contributed by atoms with Gasteiger partial charge in [-0.15, -0.1) is 0 Å². The third-order valence-corrected chi connectivity index (χ3v) is 2.32. The van der Waals surface area contributed by atoms with Gasteiger partial charge in [0.15, 0.2) is 6.33 Å². The fraction of sp³-hybridized carbons (Fsp3) is 0.273. The molecular weight excluding hydrogens is 234 g/mol. The molecule has 18 heavy (non-hydrogen) atoms. The number of nitrogens with two attached hydrogens (primary N) is 1. The molecule has 3 N–H and O–H groups in total. The number of rotatable bonds is 5. The Morgan fingerprint density at radius 1 is 1.44 bits per heavy atom. The molecule has 0 saturated carbocycles. The number of carbonyl (C=O) groups is 1. The number of hydrogen-bond acceptors (Lipinski definition) is 6. The highest BCUT2D eigenvalue weighted by molar-refractivity contribution is 5.94. The van der Waals surface area contributed by atoms with Crippen molar-refractivity contribution in [1.82, 2.24) is 20.4 Å². The number of pyridine rings is 1. The van der Waals surface area contributed by atoms with E-state index in [4.69, 9.17) is 10.3 Å². The van der Waals surface area contributed by atoms with Crippen LogP contribution in [0, 0.1) is 0 Å². The van der Waals surface area contributed by atoms with Gasteiger partial charge in [0.2, 0.25) is 5.89 Å². The van der Waals surface area contributed by atoms with E-state index in [1.807, 2.05) is 0 Å². The molecule has 0 aromatic carbocycles. The molecule has 94 valence electrons. The number of hydrogen-bond donors (Lipinski definition) is 2. The van der Waals surface area contributed by atoms with Gasteiger partial charge in [-0.1, -0.05) is 5.16 Å². The van der Waals surface area contributed by atoms with Crippen LogP contribution < -0.4 is 11.1 Å². The lowest BCUT2D eigenvalue weighted by Gasteiger charge is -2.04. The molecule has 0 aliphatic carbocycles. The molecule has 0 aliphatic rings. The minimum Gasteiger partial charge on any atom is -0.352 e. The molecule has 0 bridgehead atoms. The lowest BCUT2D eigenvalue weighted by Crippen LogP contribution is -2.26. The van der Waals surface area contributed by atoms with Crippen LogP contribution in [0.25, 0.3) is 0 Å². The van der Waals surface area contributed by atoms with Crippen molar-refractivity contribution in [3.63, 3.8) is 0 Å². The Morgan fingerprint density at radius 3 is 3.06 bits per heavy atom. The van der Waals surface area contributed by atoms with Gasteiger partial charge in [0.05, 0.1) is 5.69 Å². The van der Waals surface area contributed by atoms with E-state index in [0.717, 1.165) is 0 Å². The Bertz CT molecular complexity index is 512. The van der Waals surface area contributed by atoms with Crippen LogP contribution in [0.4, 0.5) is 0 Å². The maximum absolute atomic E-state index is 11.8. The number of carbonyl (C=O) groups excluding carboxylic acids is 1. The van der Waals surface area contributed by atoms with Crippen LogP contribution in [0.5, 0.6) is 0 Å². The van der Waals surface area contributed by atoms with E-state index in [2.05, 4.69) is 20.4 Å². The van der Waals surface area contributed by atoms with Gasteiger partial charge in [-0.3, -0.25) is 9.78 Å². The summed E-state index contributed by atoms with van der Waals surface area (Å²) in [7, 11) is 0. The van der Waals surface area contributed by atoms with Crippen LogP contribution in [0.1, 0.15) is 21.9 Å². The fourth-order valence-corrected chi connectivity index (χ4v) is 1.42. The topological polar surface area (TPSA) is 107 Å². The zero-order valence-corrected chi connectivity index (χ0v) is 9.67. The summed E-state index contributed by atoms with van der Waals surface area (Å²) in [6, 6.07) is 3.31. The highest BCUT2D eigenvalue weighted by Gasteiger charge is 2.06. The van der Waals surface area contributed by atoms with E-state index in [0.29, 0.717) is 36.7 Å². The summed E-state index contributed by atoms with van der Waals surface area (Å²) in [5, 5.41) is 6.23. The Kier molecular flexibility index (Phi) is 3.98. The van der Waals surface area contributed by atoms with Gasteiger partial charge >= 0.3 is 0 Å². The second-order valence-electron chi connectivity index (χ2n) is 3.58. The predicted octanol–water partition coefficient (Wildman–Crippen LogP) is -0.104. The second kappa shape index (κ2) is 5.87. The first-order chi connectivity index (χ1) is 8.79. The molecule has 0 saturated heterocycles. The Balaban J connectivity index is 1.87. The molecule has 0 aliphatic heterocycles. The van der Waals surface area contributed by atoms with E-state index in [-0.39, 0.29) is 5.91 Å². The molecule has 0 atom stereocenters. The van der Waals surface area contributed by atoms with Gasteiger partial charge in [0.1, 0.15) is 0 Å². The molecule has 0 unspecified atom stereocenters. The SMILES string of the molecule is NCc1cc(C(=O)NCCc2ncno2)ccn1. The van der Waals surface area contributed by atoms with Gasteiger partial charge in [-0.2, -0.15) is 4.98 Å². The normalized spacial score (nSPS) is 10.3. The second-order valence-corrected chi connectivity index (χ2v) is 3.58. The van der Waals surface area contributed by atoms with Crippen LogP contribution in [0.2, 0.25) is 0 Å². The Morgan fingerprint density at radius 2 is 2.33 bits per heavy atom. The lowest BCUT2D eigenvalue weighted by molar-refractivity contribution is 0.0953. The summed E-state index contributed by atoms with van der Waals surface area (Å²) in [5.41, 5.74) is 6.68. The van der Waals surface area contributed by atoms with Crippen molar-refractivity contribution in [3.05, 3.63) is 41.8 Å². The zero-order chi connectivity index (χ0) is 12.8. The lowest BCUT2D eigenvalue weighted by atomic mass is 10.2. The predicted molar refractivity (Wildman–Crippen MR) is 62.5 cm³/mol. The molecule has 0 fully saturated rings. The van der Waals surface area contributed by atoms with E-state index in [1.54, 1.807) is 18.3 Å². The quantitative estimate of drug-likeness (QED) is 0.763. The van der Waals surface area contributed by atoms with E-state index < -0.39 is 0 Å². The van der Waals surface area contributed by atoms with Gasteiger partial charge in [0, 0.05) is 31.3 Å². The summed E-state index contributed by atoms with van der Waals surface area (Å²) in [6.45, 7) is 0.740. The van der Waals surface area contributed by atoms with Crippen molar-refractivity contribution in [2.45, 2.75) is 13.0 Å². The van der Waals surface area contributed by atoms with Crippen LogP contribution in [-0.2, 0) is 13.0 Å². The standard InChI is InChI=1S/C11H13N5O2/c12-6-9-5-8(1-3-13-9)11(17)14-4-2-10-15-7-16-18-10/h1,3,5,7H,2,4,6,12H2,(H,14,17). The van der Waals surface area contributed by atoms with Crippen molar-refractivity contribution in [2.24, 2.45) is 5.73 Å². The molecule has 1 amide bonds. The molecule has 2 rings (SSSR count). The maximum atomic E-state index is 11.8. The summed E-state index contributed by atoms with van der Waals surface area (Å²) in [4.78, 5) is 19.7. The van der Waals surface area contributed by atoms with Crippen molar-refractivity contribution < 1.29 is 9.32 Å². The minimum absolute atomic E-state index is 0.174. The molecule has 0 radical (unpaired) electrons. The highest BCUT2D eigenvalue weighted by atomic mass is 16.5. The maximum Gasteiger partial charge on any atom is 0.251 e. The average molecular weight is 247 g/mol. The molecule has 2 aromatic rings.